The van der Waals surface area contributed by atoms with E-state index >= 15 is 0 Å². The highest BCUT2D eigenvalue weighted by atomic mass is 16.2. The normalized spacial score (nSPS) is 10.0. The molecule has 0 atom stereocenters. The molecule has 0 aliphatic heterocycles. The minimum Gasteiger partial charge on any atom is -0.352 e. The molecule has 0 saturated carbocycles. The van der Waals surface area contributed by atoms with Gasteiger partial charge in [-0.05, 0) is 32.9 Å². The van der Waals surface area contributed by atoms with Crippen LogP contribution >= 0.6 is 0 Å². The van der Waals surface area contributed by atoms with Gasteiger partial charge in [0, 0.05) is 12.6 Å². The molecule has 0 aliphatic carbocycles. The number of amides is 3. The predicted molar refractivity (Wildman–Crippen MR) is 71.7 cm³/mol. The first kappa shape index (κ1) is 14.0. The molecule has 0 saturated heterocycles. The summed E-state index contributed by atoms with van der Waals surface area (Å²) in [5.74, 6) is -0.196. The van der Waals surface area contributed by atoms with E-state index in [1.165, 1.54) is 0 Å². The number of hydrogen-bond donors (Lipinski definition) is 3. The summed E-state index contributed by atoms with van der Waals surface area (Å²) in [7, 11) is 0. The van der Waals surface area contributed by atoms with E-state index in [-0.39, 0.29) is 18.0 Å². The van der Waals surface area contributed by atoms with E-state index in [1.54, 1.807) is 24.3 Å². The van der Waals surface area contributed by atoms with Crippen LogP contribution in [0.25, 0.3) is 0 Å². The van der Waals surface area contributed by atoms with Crippen molar-refractivity contribution in [2.24, 2.45) is 0 Å². The SMILES string of the molecule is CCNC(=O)c1ccccc1NC(=O)NC(C)C. The van der Waals surface area contributed by atoms with Crippen LogP contribution < -0.4 is 16.0 Å². The number of anilines is 1. The van der Waals surface area contributed by atoms with Crippen molar-refractivity contribution in [1.29, 1.82) is 0 Å². The van der Waals surface area contributed by atoms with Gasteiger partial charge in [0.05, 0.1) is 11.3 Å². The van der Waals surface area contributed by atoms with Gasteiger partial charge in [-0.15, -0.1) is 0 Å². The summed E-state index contributed by atoms with van der Waals surface area (Å²) >= 11 is 0. The maximum atomic E-state index is 11.8. The first-order chi connectivity index (χ1) is 8.54. The molecule has 0 bridgehead atoms. The maximum absolute atomic E-state index is 11.8. The molecule has 3 N–H and O–H groups in total. The lowest BCUT2D eigenvalue weighted by atomic mass is 10.1. The van der Waals surface area contributed by atoms with Crippen molar-refractivity contribution >= 4 is 17.6 Å². The lowest BCUT2D eigenvalue weighted by Crippen LogP contribution is -2.35. The van der Waals surface area contributed by atoms with Crippen molar-refractivity contribution in [3.05, 3.63) is 29.8 Å². The zero-order chi connectivity index (χ0) is 13.5. The van der Waals surface area contributed by atoms with E-state index in [1.807, 2.05) is 20.8 Å². The van der Waals surface area contributed by atoms with Crippen LogP contribution in [-0.2, 0) is 0 Å². The molecule has 18 heavy (non-hydrogen) atoms. The monoisotopic (exact) mass is 249 g/mol. The van der Waals surface area contributed by atoms with E-state index in [9.17, 15) is 9.59 Å². The molecule has 1 rings (SSSR count). The molecule has 3 amide bonds. The second-order valence-corrected chi connectivity index (χ2v) is 4.16. The van der Waals surface area contributed by atoms with Gasteiger partial charge < -0.3 is 16.0 Å². The van der Waals surface area contributed by atoms with Crippen LogP contribution in [0, 0.1) is 0 Å². The number of carbonyl (C=O) groups excluding carboxylic acids is 2. The molecule has 1 aromatic carbocycles. The second-order valence-electron chi connectivity index (χ2n) is 4.16. The van der Waals surface area contributed by atoms with E-state index in [0.717, 1.165) is 0 Å². The molecule has 0 aromatic heterocycles. The first-order valence-electron chi connectivity index (χ1n) is 5.99. The summed E-state index contributed by atoms with van der Waals surface area (Å²) in [6.07, 6.45) is 0. The van der Waals surface area contributed by atoms with Gasteiger partial charge in [-0.3, -0.25) is 4.79 Å². The number of rotatable bonds is 4. The second kappa shape index (κ2) is 6.64. The Kier molecular flexibility index (Phi) is 5.17. The lowest BCUT2D eigenvalue weighted by molar-refractivity contribution is 0.0956. The highest BCUT2D eigenvalue weighted by Crippen LogP contribution is 2.14. The van der Waals surface area contributed by atoms with Gasteiger partial charge in [0.15, 0.2) is 0 Å². The fourth-order valence-corrected chi connectivity index (χ4v) is 1.47. The van der Waals surface area contributed by atoms with Crippen LogP contribution in [0.3, 0.4) is 0 Å². The van der Waals surface area contributed by atoms with Crippen molar-refractivity contribution < 1.29 is 9.59 Å². The van der Waals surface area contributed by atoms with Gasteiger partial charge in [0.1, 0.15) is 0 Å². The predicted octanol–water partition coefficient (Wildman–Crippen LogP) is 1.97. The van der Waals surface area contributed by atoms with E-state index in [0.29, 0.717) is 17.8 Å². The Labute approximate surface area is 107 Å². The zero-order valence-electron chi connectivity index (χ0n) is 10.9. The Balaban J connectivity index is 2.82. The Morgan fingerprint density at radius 1 is 1.22 bits per heavy atom. The number of hydrogen-bond acceptors (Lipinski definition) is 2. The van der Waals surface area contributed by atoms with Gasteiger partial charge in [-0.2, -0.15) is 0 Å². The Bertz CT molecular complexity index is 430. The third-order valence-corrected chi connectivity index (χ3v) is 2.18. The summed E-state index contributed by atoms with van der Waals surface area (Å²) in [6.45, 7) is 6.13. The van der Waals surface area contributed by atoms with Crippen molar-refractivity contribution in [2.75, 3.05) is 11.9 Å². The third kappa shape index (κ3) is 4.08. The molecule has 5 nitrogen and oxygen atoms in total. The Hall–Kier alpha value is -2.04. The van der Waals surface area contributed by atoms with Crippen molar-refractivity contribution in [1.82, 2.24) is 10.6 Å². The van der Waals surface area contributed by atoms with Crippen LogP contribution in [0.1, 0.15) is 31.1 Å². The average molecular weight is 249 g/mol. The largest absolute Gasteiger partial charge is 0.352 e. The molecular weight excluding hydrogens is 230 g/mol. The summed E-state index contributed by atoms with van der Waals surface area (Å²) in [6, 6.07) is 6.63. The van der Waals surface area contributed by atoms with Gasteiger partial charge >= 0.3 is 6.03 Å². The number of nitrogens with one attached hydrogen (secondary N) is 3. The number of benzene rings is 1. The highest BCUT2D eigenvalue weighted by Gasteiger charge is 2.12. The van der Waals surface area contributed by atoms with Crippen molar-refractivity contribution in [3.8, 4) is 0 Å². The molecule has 0 fully saturated rings. The van der Waals surface area contributed by atoms with Gasteiger partial charge in [-0.25, -0.2) is 4.79 Å². The van der Waals surface area contributed by atoms with E-state index in [2.05, 4.69) is 16.0 Å². The van der Waals surface area contributed by atoms with E-state index < -0.39 is 0 Å². The highest BCUT2D eigenvalue weighted by molar-refractivity contribution is 6.03. The fourth-order valence-electron chi connectivity index (χ4n) is 1.47. The maximum Gasteiger partial charge on any atom is 0.319 e. The average Bonchev–Trinajstić information content (AvgIpc) is 2.28. The van der Waals surface area contributed by atoms with Crippen molar-refractivity contribution in [3.63, 3.8) is 0 Å². The molecule has 5 heteroatoms. The van der Waals surface area contributed by atoms with Gasteiger partial charge in [0.2, 0.25) is 0 Å². The summed E-state index contributed by atoms with van der Waals surface area (Å²) in [4.78, 5) is 23.4. The summed E-state index contributed by atoms with van der Waals surface area (Å²) < 4.78 is 0. The molecule has 0 aliphatic rings. The zero-order valence-corrected chi connectivity index (χ0v) is 10.9. The molecule has 0 heterocycles. The summed E-state index contributed by atoms with van der Waals surface area (Å²) in [5.41, 5.74) is 0.958. The number of urea groups is 1. The summed E-state index contributed by atoms with van der Waals surface area (Å²) in [5, 5.41) is 8.08. The Morgan fingerprint density at radius 3 is 2.50 bits per heavy atom. The van der Waals surface area contributed by atoms with Crippen LogP contribution in [-0.4, -0.2) is 24.5 Å². The van der Waals surface area contributed by atoms with E-state index in [4.69, 9.17) is 0 Å². The van der Waals surface area contributed by atoms with Crippen LogP contribution in [0.5, 0.6) is 0 Å². The molecule has 1 aromatic rings. The molecule has 98 valence electrons. The van der Waals surface area contributed by atoms with Crippen LogP contribution in [0.15, 0.2) is 24.3 Å². The quantitative estimate of drug-likeness (QED) is 0.763. The lowest BCUT2D eigenvalue weighted by Gasteiger charge is -2.13. The fraction of sp³-hybridized carbons (Fsp3) is 0.385. The minimum absolute atomic E-state index is 0.0432. The van der Waals surface area contributed by atoms with Crippen LogP contribution in [0.4, 0.5) is 10.5 Å². The Morgan fingerprint density at radius 2 is 1.89 bits per heavy atom. The number of carbonyl (C=O) groups is 2. The first-order valence-corrected chi connectivity index (χ1v) is 5.99. The molecule has 0 spiro atoms. The number of para-hydroxylation sites is 1. The molecular formula is C13H19N3O2. The third-order valence-electron chi connectivity index (χ3n) is 2.18. The van der Waals surface area contributed by atoms with Crippen LogP contribution in [0.2, 0.25) is 0 Å². The minimum atomic E-state index is -0.318. The smallest absolute Gasteiger partial charge is 0.319 e. The molecule has 0 radical (unpaired) electrons. The standard InChI is InChI=1S/C13H19N3O2/c1-4-14-12(17)10-7-5-6-8-11(10)16-13(18)15-9(2)3/h5-9H,4H2,1-3H3,(H,14,17)(H2,15,16,18). The molecule has 0 unspecified atom stereocenters. The topological polar surface area (TPSA) is 70.2 Å². The van der Waals surface area contributed by atoms with Crippen molar-refractivity contribution in [2.45, 2.75) is 26.8 Å². The van der Waals surface area contributed by atoms with Gasteiger partial charge in [0.25, 0.3) is 5.91 Å². The van der Waals surface area contributed by atoms with Gasteiger partial charge in [-0.1, -0.05) is 12.1 Å².